The summed E-state index contributed by atoms with van der Waals surface area (Å²) in [6.45, 7) is 1.39. The molecule has 36 heavy (non-hydrogen) atoms. The molecular weight excluding hydrogens is 457 g/mol. The van der Waals surface area contributed by atoms with Gasteiger partial charge in [0.2, 0.25) is 0 Å². The number of fused-ring (bicyclic) bond motifs is 1. The summed E-state index contributed by atoms with van der Waals surface area (Å²) < 4.78 is 13.0. The van der Waals surface area contributed by atoms with Crippen LogP contribution in [-0.4, -0.2) is 27.0 Å². The summed E-state index contributed by atoms with van der Waals surface area (Å²) in [5.74, 6) is -1.04. The molecule has 184 valence electrons. The number of rotatable bonds is 10. The Labute approximate surface area is 209 Å². The molecular formula is C29H28FN3O3. The van der Waals surface area contributed by atoms with Gasteiger partial charge in [-0.05, 0) is 55.5 Å². The van der Waals surface area contributed by atoms with Crippen molar-refractivity contribution in [3.8, 4) is 11.3 Å². The average molecular weight is 486 g/mol. The minimum Gasteiger partial charge on any atom is -0.481 e. The average Bonchev–Trinajstić information content (AvgIpc) is 2.90. The quantitative estimate of drug-likeness (QED) is 0.267. The molecule has 0 aliphatic carbocycles. The summed E-state index contributed by atoms with van der Waals surface area (Å²) in [5.41, 5.74) is 5.52. The van der Waals surface area contributed by atoms with Gasteiger partial charge in [-0.15, -0.1) is 0 Å². The van der Waals surface area contributed by atoms with E-state index in [9.17, 15) is 14.0 Å². The molecule has 2 N–H and O–H groups in total. The molecule has 6 nitrogen and oxygen atoms in total. The van der Waals surface area contributed by atoms with Crippen LogP contribution in [0.5, 0.6) is 0 Å². The SMILES string of the molecule is C[C@H](NC(=O)c1ccc2nc(-c3ccc(CF)cc3)c(CCCCC(=O)O)nc2c1)c1ccccc1. The largest absolute Gasteiger partial charge is 0.481 e. The van der Waals surface area contributed by atoms with Crippen molar-refractivity contribution in [3.63, 3.8) is 0 Å². The molecule has 0 radical (unpaired) electrons. The van der Waals surface area contributed by atoms with Crippen molar-refractivity contribution < 1.29 is 19.1 Å². The molecule has 4 aromatic rings. The number of carbonyl (C=O) groups excluding carboxylic acids is 1. The highest BCUT2D eigenvalue weighted by Gasteiger charge is 2.15. The zero-order valence-corrected chi connectivity index (χ0v) is 20.1. The van der Waals surface area contributed by atoms with Crippen LogP contribution in [-0.2, 0) is 17.9 Å². The summed E-state index contributed by atoms with van der Waals surface area (Å²) in [6.07, 6.45) is 1.79. The third-order valence-electron chi connectivity index (χ3n) is 6.08. The van der Waals surface area contributed by atoms with Crippen LogP contribution in [0.3, 0.4) is 0 Å². The van der Waals surface area contributed by atoms with Crippen LogP contribution in [0.25, 0.3) is 22.3 Å². The minimum absolute atomic E-state index is 0.0887. The number of alkyl halides is 1. The van der Waals surface area contributed by atoms with Crippen LogP contribution in [0, 0.1) is 0 Å². The lowest BCUT2D eigenvalue weighted by Gasteiger charge is -2.15. The minimum atomic E-state index is -0.831. The Bertz CT molecular complexity index is 1360. The molecule has 0 aliphatic heterocycles. The third kappa shape index (κ3) is 6.10. The topological polar surface area (TPSA) is 92.2 Å². The van der Waals surface area contributed by atoms with Crippen LogP contribution in [0.4, 0.5) is 4.39 Å². The Morgan fingerprint density at radius 3 is 2.39 bits per heavy atom. The number of aromatic nitrogens is 2. The Kier molecular flexibility index (Phi) is 8.00. The number of benzene rings is 3. The zero-order valence-electron chi connectivity index (χ0n) is 20.1. The molecule has 1 heterocycles. The van der Waals surface area contributed by atoms with Crippen LogP contribution in [0.2, 0.25) is 0 Å². The van der Waals surface area contributed by atoms with Crippen molar-refractivity contribution in [3.05, 3.63) is 95.2 Å². The number of hydrogen-bond acceptors (Lipinski definition) is 4. The van der Waals surface area contributed by atoms with Crippen molar-refractivity contribution >= 4 is 22.9 Å². The van der Waals surface area contributed by atoms with E-state index in [1.807, 2.05) is 49.4 Å². The van der Waals surface area contributed by atoms with E-state index in [-0.39, 0.29) is 18.4 Å². The predicted octanol–water partition coefficient (Wildman–Crippen LogP) is 6.05. The van der Waals surface area contributed by atoms with Crippen molar-refractivity contribution in [1.29, 1.82) is 0 Å². The highest BCUT2D eigenvalue weighted by molar-refractivity contribution is 5.97. The highest BCUT2D eigenvalue weighted by atomic mass is 19.1. The number of amides is 1. The lowest BCUT2D eigenvalue weighted by molar-refractivity contribution is -0.137. The van der Waals surface area contributed by atoms with Gasteiger partial charge in [-0.2, -0.15) is 0 Å². The maximum atomic E-state index is 13.0. The lowest BCUT2D eigenvalue weighted by atomic mass is 10.0. The van der Waals surface area contributed by atoms with Crippen LogP contribution in [0.15, 0.2) is 72.8 Å². The normalized spacial score (nSPS) is 11.8. The van der Waals surface area contributed by atoms with Crippen molar-refractivity contribution in [2.24, 2.45) is 0 Å². The molecule has 1 aromatic heterocycles. The Morgan fingerprint density at radius 1 is 0.944 bits per heavy atom. The molecule has 0 bridgehead atoms. The fourth-order valence-corrected chi connectivity index (χ4v) is 4.06. The van der Waals surface area contributed by atoms with E-state index in [4.69, 9.17) is 15.1 Å². The van der Waals surface area contributed by atoms with Crippen LogP contribution < -0.4 is 5.32 Å². The fourth-order valence-electron chi connectivity index (χ4n) is 4.06. The number of unbranched alkanes of at least 4 members (excludes halogenated alkanes) is 1. The van der Waals surface area contributed by atoms with E-state index in [0.29, 0.717) is 47.1 Å². The van der Waals surface area contributed by atoms with Gasteiger partial charge in [-0.1, -0.05) is 54.6 Å². The van der Waals surface area contributed by atoms with E-state index in [1.54, 1.807) is 30.3 Å². The number of carboxylic acid groups (broad SMARTS) is 1. The van der Waals surface area contributed by atoms with Gasteiger partial charge in [-0.25, -0.2) is 14.4 Å². The lowest BCUT2D eigenvalue weighted by Crippen LogP contribution is -2.26. The van der Waals surface area contributed by atoms with Crippen LogP contribution in [0.1, 0.15) is 59.4 Å². The number of aryl methyl sites for hydroxylation is 1. The zero-order chi connectivity index (χ0) is 25.5. The van der Waals surface area contributed by atoms with Gasteiger partial charge in [0.25, 0.3) is 5.91 Å². The number of carboxylic acids is 1. The molecule has 0 spiro atoms. The number of nitrogens with zero attached hydrogens (tertiary/aromatic N) is 2. The summed E-state index contributed by atoms with van der Waals surface area (Å²) in [6, 6.07) is 21.9. The number of halogens is 1. The first kappa shape index (κ1) is 25.0. The van der Waals surface area contributed by atoms with Gasteiger partial charge < -0.3 is 10.4 Å². The molecule has 7 heteroatoms. The summed E-state index contributed by atoms with van der Waals surface area (Å²) >= 11 is 0. The van der Waals surface area contributed by atoms with E-state index in [2.05, 4.69) is 5.32 Å². The first-order chi connectivity index (χ1) is 17.4. The maximum Gasteiger partial charge on any atom is 0.303 e. The van der Waals surface area contributed by atoms with Crippen molar-refractivity contribution in [2.45, 2.75) is 45.3 Å². The van der Waals surface area contributed by atoms with Gasteiger partial charge in [0.05, 0.1) is 28.5 Å². The third-order valence-corrected chi connectivity index (χ3v) is 6.08. The van der Waals surface area contributed by atoms with Crippen molar-refractivity contribution in [2.75, 3.05) is 0 Å². The Morgan fingerprint density at radius 2 is 1.69 bits per heavy atom. The van der Waals surface area contributed by atoms with E-state index < -0.39 is 12.6 Å². The second kappa shape index (κ2) is 11.5. The first-order valence-electron chi connectivity index (χ1n) is 12.0. The number of carbonyl (C=O) groups is 2. The van der Waals surface area contributed by atoms with E-state index in [1.165, 1.54) is 0 Å². The van der Waals surface area contributed by atoms with E-state index >= 15 is 0 Å². The Balaban J connectivity index is 1.63. The van der Waals surface area contributed by atoms with Crippen LogP contribution >= 0.6 is 0 Å². The van der Waals surface area contributed by atoms with Gasteiger partial charge in [0, 0.05) is 17.5 Å². The standard InChI is InChI=1S/C29H28FN3O3/c1-19(21-7-3-2-4-8-21)31-29(36)23-15-16-24-26(17-23)32-25(9-5-6-10-27(34)35)28(33-24)22-13-11-20(18-30)12-14-22/h2-4,7-8,11-17,19H,5-6,9-10,18H2,1H3,(H,31,36)(H,34,35)/t19-/m0/s1. The second-order valence-corrected chi connectivity index (χ2v) is 8.76. The van der Waals surface area contributed by atoms with Gasteiger partial charge in [-0.3, -0.25) is 9.59 Å². The summed E-state index contributed by atoms with van der Waals surface area (Å²) in [4.78, 5) is 33.5. The maximum absolute atomic E-state index is 13.0. The number of hydrogen-bond donors (Lipinski definition) is 2. The first-order valence-corrected chi connectivity index (χ1v) is 12.0. The predicted molar refractivity (Wildman–Crippen MR) is 137 cm³/mol. The van der Waals surface area contributed by atoms with Gasteiger partial charge in [0.1, 0.15) is 6.67 Å². The molecule has 0 fully saturated rings. The summed E-state index contributed by atoms with van der Waals surface area (Å²) in [7, 11) is 0. The highest BCUT2D eigenvalue weighted by Crippen LogP contribution is 2.26. The number of aliphatic carboxylic acids is 1. The molecule has 4 rings (SSSR count). The van der Waals surface area contributed by atoms with Gasteiger partial charge >= 0.3 is 5.97 Å². The summed E-state index contributed by atoms with van der Waals surface area (Å²) in [5, 5.41) is 12.0. The smallest absolute Gasteiger partial charge is 0.303 e. The van der Waals surface area contributed by atoms with E-state index in [0.717, 1.165) is 16.8 Å². The molecule has 0 unspecified atom stereocenters. The number of nitrogens with one attached hydrogen (secondary N) is 1. The molecule has 0 saturated heterocycles. The van der Waals surface area contributed by atoms with Gasteiger partial charge in [0.15, 0.2) is 0 Å². The molecule has 3 aromatic carbocycles. The molecule has 0 aliphatic rings. The molecule has 1 atom stereocenters. The molecule has 1 amide bonds. The monoisotopic (exact) mass is 485 g/mol. The second-order valence-electron chi connectivity index (χ2n) is 8.76. The Hall–Kier alpha value is -4.13. The molecule has 0 saturated carbocycles. The fraction of sp³-hybridized carbons (Fsp3) is 0.241. The van der Waals surface area contributed by atoms with Crippen molar-refractivity contribution in [1.82, 2.24) is 15.3 Å².